The van der Waals surface area contributed by atoms with E-state index >= 15 is 0 Å². The number of methoxy groups -OCH3 is 1. The standard InChI is InChI=1S/C36H38BrNO2/c1-39-33-16-26(15-31(37)35(33)40-21-22-6-3-2-4-7-22)34-29-9-5-8-28(29)30-17-27(10-11-32(30)38-34)36-18-23-12-24(19-36)14-25(13-23)20-36/h2-8,10-11,15-17,23-25,28-29,34,38H,9,12-14,18-21H2,1H3/t23?,24?,25?,28-,29+,34+,36?/m1/s1. The van der Waals surface area contributed by atoms with Gasteiger partial charge in [-0.15, -0.1) is 0 Å². The molecule has 0 aromatic heterocycles. The molecule has 6 aliphatic rings. The van der Waals surface area contributed by atoms with Crippen molar-refractivity contribution in [2.24, 2.45) is 23.7 Å². The van der Waals surface area contributed by atoms with Crippen molar-refractivity contribution in [1.29, 1.82) is 0 Å². The van der Waals surface area contributed by atoms with Gasteiger partial charge in [-0.2, -0.15) is 0 Å². The van der Waals surface area contributed by atoms with Gasteiger partial charge in [0.05, 0.1) is 17.6 Å². The van der Waals surface area contributed by atoms with Crippen molar-refractivity contribution in [2.45, 2.75) is 68.9 Å². The Morgan fingerprint density at radius 1 is 0.925 bits per heavy atom. The molecule has 0 radical (unpaired) electrons. The van der Waals surface area contributed by atoms with Gasteiger partial charge in [-0.1, -0.05) is 54.6 Å². The highest BCUT2D eigenvalue weighted by molar-refractivity contribution is 9.10. The zero-order chi connectivity index (χ0) is 26.8. The summed E-state index contributed by atoms with van der Waals surface area (Å²) in [7, 11) is 1.73. The van der Waals surface area contributed by atoms with Crippen LogP contribution in [0.4, 0.5) is 5.69 Å². The first kappa shape index (κ1) is 25.0. The molecular weight excluding hydrogens is 558 g/mol. The SMILES string of the molecule is COc1cc([C@@H]2Nc3ccc(C45CC6CC(CC(C6)C4)C5)cc3[C@@H]3C=CC[C@@H]32)cc(Br)c1OCc1ccccc1. The van der Waals surface area contributed by atoms with Crippen molar-refractivity contribution in [3.05, 3.63) is 99.5 Å². The molecule has 4 saturated carbocycles. The van der Waals surface area contributed by atoms with E-state index in [1.54, 1.807) is 12.7 Å². The first-order chi connectivity index (χ1) is 19.6. The highest BCUT2D eigenvalue weighted by Gasteiger charge is 2.52. The minimum absolute atomic E-state index is 0.214. The molecular formula is C36H38BrNO2. The molecule has 1 heterocycles. The lowest BCUT2D eigenvalue weighted by Crippen LogP contribution is -2.48. The van der Waals surface area contributed by atoms with Crippen LogP contribution in [0.3, 0.4) is 0 Å². The minimum Gasteiger partial charge on any atom is -0.493 e. The third-order valence-electron chi connectivity index (χ3n) is 10.9. The smallest absolute Gasteiger partial charge is 0.175 e. The molecule has 3 atom stereocenters. The van der Waals surface area contributed by atoms with Crippen LogP contribution in [0.25, 0.3) is 0 Å². The number of nitrogens with one attached hydrogen (secondary N) is 1. The molecule has 3 nitrogen and oxygen atoms in total. The van der Waals surface area contributed by atoms with Gasteiger partial charge in [0.2, 0.25) is 0 Å². The topological polar surface area (TPSA) is 30.5 Å². The number of rotatable bonds is 6. The third kappa shape index (κ3) is 4.12. The van der Waals surface area contributed by atoms with Crippen LogP contribution in [-0.4, -0.2) is 7.11 Å². The van der Waals surface area contributed by atoms with Gasteiger partial charge in [0.25, 0.3) is 0 Å². The predicted molar refractivity (Wildman–Crippen MR) is 164 cm³/mol. The number of hydrogen-bond acceptors (Lipinski definition) is 3. The number of ether oxygens (including phenoxy) is 2. The fourth-order valence-corrected chi connectivity index (χ4v) is 10.1. The number of fused-ring (bicyclic) bond motifs is 3. The predicted octanol–water partition coefficient (Wildman–Crippen LogP) is 9.33. The molecule has 40 heavy (non-hydrogen) atoms. The maximum absolute atomic E-state index is 6.24. The van der Waals surface area contributed by atoms with Gasteiger partial charge >= 0.3 is 0 Å². The molecule has 5 aliphatic carbocycles. The number of allylic oxidation sites excluding steroid dienone is 2. The molecule has 4 bridgehead atoms. The Bertz CT molecular complexity index is 1430. The molecule has 0 spiro atoms. The Morgan fingerprint density at radius 2 is 1.68 bits per heavy atom. The fraction of sp³-hybridized carbons (Fsp3) is 0.444. The van der Waals surface area contributed by atoms with Crippen molar-refractivity contribution in [1.82, 2.24) is 0 Å². The van der Waals surface area contributed by atoms with Crippen molar-refractivity contribution in [3.63, 3.8) is 0 Å². The van der Waals surface area contributed by atoms with E-state index in [0.29, 0.717) is 23.9 Å². The summed E-state index contributed by atoms with van der Waals surface area (Å²) in [5, 5.41) is 3.98. The first-order valence-corrected chi connectivity index (χ1v) is 16.0. The molecule has 3 aromatic rings. The van der Waals surface area contributed by atoms with Gasteiger partial charge in [-0.3, -0.25) is 0 Å². The lowest BCUT2D eigenvalue weighted by molar-refractivity contribution is -0.00523. The maximum atomic E-state index is 6.24. The van der Waals surface area contributed by atoms with Gasteiger partial charge in [-0.25, -0.2) is 0 Å². The lowest BCUT2D eigenvalue weighted by atomic mass is 9.48. The summed E-state index contributed by atoms with van der Waals surface area (Å²) >= 11 is 3.82. The summed E-state index contributed by atoms with van der Waals surface area (Å²) in [6.07, 6.45) is 14.7. The second kappa shape index (κ2) is 9.69. The van der Waals surface area contributed by atoms with E-state index in [1.165, 1.54) is 55.3 Å². The monoisotopic (exact) mass is 595 g/mol. The zero-order valence-electron chi connectivity index (χ0n) is 23.2. The summed E-state index contributed by atoms with van der Waals surface area (Å²) in [5.74, 6) is 5.38. The van der Waals surface area contributed by atoms with E-state index in [4.69, 9.17) is 9.47 Å². The Labute approximate surface area is 246 Å². The Hall–Kier alpha value is -2.72. The van der Waals surface area contributed by atoms with E-state index < -0.39 is 0 Å². The molecule has 1 aliphatic heterocycles. The van der Waals surface area contributed by atoms with Crippen LogP contribution in [0.1, 0.15) is 79.2 Å². The molecule has 0 saturated heterocycles. The van der Waals surface area contributed by atoms with Crippen LogP contribution in [0.5, 0.6) is 11.5 Å². The quantitative estimate of drug-likeness (QED) is 0.288. The van der Waals surface area contributed by atoms with E-state index in [2.05, 4.69) is 75.9 Å². The van der Waals surface area contributed by atoms with Crippen LogP contribution in [0.15, 0.2) is 77.3 Å². The van der Waals surface area contributed by atoms with Gasteiger partial charge < -0.3 is 14.8 Å². The molecule has 1 N–H and O–H groups in total. The lowest BCUT2D eigenvalue weighted by Gasteiger charge is -2.57. The number of halogens is 1. The summed E-state index contributed by atoms with van der Waals surface area (Å²) in [5.41, 5.74) is 7.26. The van der Waals surface area contributed by atoms with Gasteiger partial charge in [-0.05, 0) is 130 Å². The average Bonchev–Trinajstić information content (AvgIpc) is 3.46. The molecule has 4 fully saturated rings. The zero-order valence-corrected chi connectivity index (χ0v) is 24.8. The van der Waals surface area contributed by atoms with Crippen molar-refractivity contribution in [2.75, 3.05) is 12.4 Å². The Morgan fingerprint density at radius 3 is 2.40 bits per heavy atom. The second-order valence-electron chi connectivity index (χ2n) is 13.3. The van der Waals surface area contributed by atoms with Gasteiger partial charge in [0, 0.05) is 11.6 Å². The fourth-order valence-electron chi connectivity index (χ4n) is 9.51. The molecule has 0 amide bonds. The van der Waals surface area contributed by atoms with E-state index in [9.17, 15) is 0 Å². The molecule has 4 heteroatoms. The molecule has 3 aromatic carbocycles. The van der Waals surface area contributed by atoms with Crippen LogP contribution >= 0.6 is 15.9 Å². The summed E-state index contributed by atoms with van der Waals surface area (Å²) in [4.78, 5) is 0. The van der Waals surface area contributed by atoms with E-state index in [-0.39, 0.29) is 6.04 Å². The highest BCUT2D eigenvalue weighted by atomic mass is 79.9. The van der Waals surface area contributed by atoms with Crippen LogP contribution in [0, 0.1) is 23.7 Å². The van der Waals surface area contributed by atoms with Crippen molar-refractivity contribution >= 4 is 21.6 Å². The molecule has 0 unspecified atom stereocenters. The molecule has 9 rings (SSSR count). The Kier molecular flexibility index (Phi) is 6.06. The summed E-state index contributed by atoms with van der Waals surface area (Å²) in [6, 6.07) is 22.4. The van der Waals surface area contributed by atoms with Gasteiger partial charge in [0.1, 0.15) is 6.61 Å². The van der Waals surface area contributed by atoms with Crippen molar-refractivity contribution in [3.8, 4) is 11.5 Å². The Balaban J connectivity index is 1.10. The average molecular weight is 597 g/mol. The largest absolute Gasteiger partial charge is 0.493 e. The second-order valence-corrected chi connectivity index (χ2v) is 14.1. The van der Waals surface area contributed by atoms with Crippen molar-refractivity contribution < 1.29 is 9.47 Å². The number of benzene rings is 3. The van der Waals surface area contributed by atoms with Crippen LogP contribution in [0.2, 0.25) is 0 Å². The number of anilines is 1. The normalized spacial score (nSPS) is 32.9. The van der Waals surface area contributed by atoms with Crippen LogP contribution in [-0.2, 0) is 12.0 Å². The van der Waals surface area contributed by atoms with E-state index in [1.807, 2.05) is 18.2 Å². The number of hydrogen-bond donors (Lipinski definition) is 1. The summed E-state index contributed by atoms with van der Waals surface area (Å²) in [6.45, 7) is 0.505. The maximum Gasteiger partial charge on any atom is 0.175 e. The van der Waals surface area contributed by atoms with E-state index in [0.717, 1.165) is 45.7 Å². The summed E-state index contributed by atoms with van der Waals surface area (Å²) < 4.78 is 13.0. The first-order valence-electron chi connectivity index (χ1n) is 15.2. The van der Waals surface area contributed by atoms with Gasteiger partial charge in [0.15, 0.2) is 11.5 Å². The minimum atomic E-state index is 0.214. The third-order valence-corrected chi connectivity index (χ3v) is 11.4. The highest BCUT2D eigenvalue weighted by Crippen LogP contribution is 2.61. The van der Waals surface area contributed by atoms with Crippen LogP contribution < -0.4 is 14.8 Å². The molecule has 206 valence electrons.